The van der Waals surface area contributed by atoms with E-state index in [4.69, 9.17) is 5.73 Å². The summed E-state index contributed by atoms with van der Waals surface area (Å²) in [4.78, 5) is 14.4. The molecular formula is C16H32N2O. The second-order valence-electron chi connectivity index (χ2n) is 6.82. The molecule has 0 aromatic rings. The van der Waals surface area contributed by atoms with Gasteiger partial charge < -0.3 is 10.6 Å². The highest BCUT2D eigenvalue weighted by Gasteiger charge is 2.35. The molecule has 2 atom stereocenters. The second-order valence-corrected chi connectivity index (χ2v) is 6.82. The van der Waals surface area contributed by atoms with Crippen LogP contribution in [0.15, 0.2) is 0 Å². The van der Waals surface area contributed by atoms with Crippen molar-refractivity contribution in [2.45, 2.75) is 72.3 Å². The Labute approximate surface area is 118 Å². The number of piperidine rings is 1. The molecular weight excluding hydrogens is 236 g/mol. The van der Waals surface area contributed by atoms with Gasteiger partial charge in [0.25, 0.3) is 0 Å². The molecule has 2 N–H and O–H groups in total. The monoisotopic (exact) mass is 268 g/mol. The van der Waals surface area contributed by atoms with Crippen molar-refractivity contribution in [1.82, 2.24) is 4.90 Å². The van der Waals surface area contributed by atoms with Crippen LogP contribution in [-0.2, 0) is 4.79 Å². The van der Waals surface area contributed by atoms with Crippen LogP contribution in [0.5, 0.6) is 0 Å². The van der Waals surface area contributed by atoms with Gasteiger partial charge in [-0.1, -0.05) is 47.0 Å². The average Bonchev–Trinajstić information content (AvgIpc) is 2.37. The van der Waals surface area contributed by atoms with Crippen LogP contribution in [0.2, 0.25) is 0 Å². The number of unbranched alkanes of at least 4 members (excludes halogenated alkanes) is 1. The van der Waals surface area contributed by atoms with Gasteiger partial charge in [0.1, 0.15) is 0 Å². The van der Waals surface area contributed by atoms with E-state index in [2.05, 4.69) is 27.7 Å². The SMILES string of the molecule is CCCCC(CC)CC(=O)N1CCC(N)C(C)(C)C1. The Morgan fingerprint density at radius 3 is 2.63 bits per heavy atom. The molecule has 2 unspecified atom stereocenters. The molecule has 0 radical (unpaired) electrons. The number of rotatable bonds is 6. The molecule has 0 aromatic heterocycles. The number of nitrogens with zero attached hydrogens (tertiary/aromatic N) is 1. The Morgan fingerprint density at radius 2 is 2.11 bits per heavy atom. The van der Waals surface area contributed by atoms with Crippen LogP contribution in [0.25, 0.3) is 0 Å². The minimum absolute atomic E-state index is 0.0546. The highest BCUT2D eigenvalue weighted by atomic mass is 16.2. The first kappa shape index (κ1) is 16.5. The maximum Gasteiger partial charge on any atom is 0.222 e. The van der Waals surface area contributed by atoms with E-state index in [0.29, 0.717) is 11.8 Å². The van der Waals surface area contributed by atoms with Crippen LogP contribution >= 0.6 is 0 Å². The predicted octanol–water partition coefficient (Wildman–Crippen LogP) is 3.18. The Morgan fingerprint density at radius 1 is 1.42 bits per heavy atom. The fourth-order valence-electron chi connectivity index (χ4n) is 2.91. The van der Waals surface area contributed by atoms with Crippen LogP contribution in [0.4, 0.5) is 0 Å². The smallest absolute Gasteiger partial charge is 0.222 e. The van der Waals surface area contributed by atoms with Gasteiger partial charge in [-0.25, -0.2) is 0 Å². The lowest BCUT2D eigenvalue weighted by Crippen LogP contribution is -2.54. The molecule has 0 spiro atoms. The molecule has 1 saturated heterocycles. The maximum absolute atomic E-state index is 12.4. The Hall–Kier alpha value is -0.570. The van der Waals surface area contributed by atoms with Gasteiger partial charge in [-0.3, -0.25) is 4.79 Å². The summed E-state index contributed by atoms with van der Waals surface area (Å²) < 4.78 is 0. The molecule has 1 amide bonds. The lowest BCUT2D eigenvalue weighted by molar-refractivity contribution is -0.135. The minimum Gasteiger partial charge on any atom is -0.342 e. The third-order valence-corrected chi connectivity index (χ3v) is 4.67. The summed E-state index contributed by atoms with van der Waals surface area (Å²) in [6, 6.07) is 0.221. The standard InChI is InChI=1S/C16H32N2O/c1-5-7-8-13(6-2)11-15(19)18-10-9-14(17)16(3,4)12-18/h13-14H,5-12,17H2,1-4H3. The van der Waals surface area contributed by atoms with Crippen LogP contribution in [-0.4, -0.2) is 29.9 Å². The zero-order valence-electron chi connectivity index (χ0n) is 13.2. The van der Waals surface area contributed by atoms with Crippen LogP contribution < -0.4 is 5.73 Å². The van der Waals surface area contributed by atoms with Gasteiger partial charge in [-0.05, 0) is 24.2 Å². The Kier molecular flexibility index (Phi) is 6.31. The Balaban J connectivity index is 2.49. The first-order valence-electron chi connectivity index (χ1n) is 7.94. The summed E-state index contributed by atoms with van der Waals surface area (Å²) >= 11 is 0. The number of hydrogen-bond acceptors (Lipinski definition) is 2. The van der Waals surface area contributed by atoms with Gasteiger partial charge in [0.15, 0.2) is 0 Å². The quantitative estimate of drug-likeness (QED) is 0.804. The van der Waals surface area contributed by atoms with E-state index in [9.17, 15) is 4.79 Å². The van der Waals surface area contributed by atoms with E-state index in [0.717, 1.165) is 32.4 Å². The number of hydrogen-bond donors (Lipinski definition) is 1. The molecule has 1 fully saturated rings. The molecule has 3 nitrogen and oxygen atoms in total. The lowest BCUT2D eigenvalue weighted by Gasteiger charge is -2.43. The third kappa shape index (κ3) is 4.79. The minimum atomic E-state index is 0.0546. The van der Waals surface area contributed by atoms with E-state index < -0.39 is 0 Å². The fourth-order valence-corrected chi connectivity index (χ4v) is 2.91. The molecule has 1 aliphatic heterocycles. The van der Waals surface area contributed by atoms with Gasteiger partial charge in [0, 0.05) is 25.6 Å². The van der Waals surface area contributed by atoms with Crippen molar-refractivity contribution in [3.8, 4) is 0 Å². The van der Waals surface area contributed by atoms with Crippen molar-refractivity contribution in [2.24, 2.45) is 17.1 Å². The molecule has 3 heteroatoms. The molecule has 0 bridgehead atoms. The van der Waals surface area contributed by atoms with Crippen molar-refractivity contribution in [2.75, 3.05) is 13.1 Å². The summed E-state index contributed by atoms with van der Waals surface area (Å²) in [5, 5.41) is 0. The number of carbonyl (C=O) groups is 1. The molecule has 0 aliphatic carbocycles. The van der Waals surface area contributed by atoms with Crippen molar-refractivity contribution in [3.63, 3.8) is 0 Å². The molecule has 1 heterocycles. The zero-order valence-corrected chi connectivity index (χ0v) is 13.2. The van der Waals surface area contributed by atoms with Crippen molar-refractivity contribution < 1.29 is 4.79 Å². The summed E-state index contributed by atoms with van der Waals surface area (Å²) in [7, 11) is 0. The van der Waals surface area contributed by atoms with Crippen LogP contribution in [0, 0.1) is 11.3 Å². The molecule has 0 saturated carbocycles. The highest BCUT2D eigenvalue weighted by molar-refractivity contribution is 5.76. The van der Waals surface area contributed by atoms with Crippen molar-refractivity contribution in [3.05, 3.63) is 0 Å². The molecule has 1 aliphatic rings. The summed E-state index contributed by atoms with van der Waals surface area (Å²) in [5.41, 5.74) is 6.18. The average molecular weight is 268 g/mol. The largest absolute Gasteiger partial charge is 0.342 e. The van der Waals surface area contributed by atoms with Gasteiger partial charge in [0.05, 0.1) is 0 Å². The van der Waals surface area contributed by atoms with Crippen molar-refractivity contribution in [1.29, 1.82) is 0 Å². The van der Waals surface area contributed by atoms with Gasteiger partial charge in [-0.2, -0.15) is 0 Å². The first-order valence-corrected chi connectivity index (χ1v) is 7.94. The highest BCUT2D eigenvalue weighted by Crippen LogP contribution is 2.29. The number of nitrogens with two attached hydrogens (primary N) is 1. The number of carbonyl (C=O) groups excluding carboxylic acids is 1. The van der Waals surface area contributed by atoms with E-state index in [-0.39, 0.29) is 11.5 Å². The number of amides is 1. The summed E-state index contributed by atoms with van der Waals surface area (Å²) in [5.74, 6) is 0.897. The third-order valence-electron chi connectivity index (χ3n) is 4.67. The molecule has 1 rings (SSSR count). The first-order chi connectivity index (χ1) is 8.90. The maximum atomic E-state index is 12.4. The lowest BCUT2D eigenvalue weighted by atomic mass is 9.79. The second kappa shape index (κ2) is 7.28. The summed E-state index contributed by atoms with van der Waals surface area (Å²) in [6.07, 6.45) is 6.42. The zero-order chi connectivity index (χ0) is 14.5. The van der Waals surface area contributed by atoms with Crippen molar-refractivity contribution >= 4 is 5.91 Å². The van der Waals surface area contributed by atoms with Gasteiger partial charge >= 0.3 is 0 Å². The van der Waals surface area contributed by atoms with Crippen LogP contribution in [0.3, 0.4) is 0 Å². The van der Waals surface area contributed by atoms with Gasteiger partial charge in [-0.15, -0.1) is 0 Å². The Bertz CT molecular complexity index is 288. The van der Waals surface area contributed by atoms with E-state index >= 15 is 0 Å². The molecule has 112 valence electrons. The van der Waals surface area contributed by atoms with E-state index in [1.54, 1.807) is 0 Å². The normalized spacial score (nSPS) is 24.3. The number of likely N-dealkylation sites (tertiary alicyclic amines) is 1. The predicted molar refractivity (Wildman–Crippen MR) is 80.9 cm³/mol. The molecule has 19 heavy (non-hydrogen) atoms. The summed E-state index contributed by atoms with van der Waals surface area (Å²) in [6.45, 7) is 10.4. The fraction of sp³-hybridized carbons (Fsp3) is 0.938. The topological polar surface area (TPSA) is 46.3 Å². The van der Waals surface area contributed by atoms with E-state index in [1.807, 2.05) is 4.90 Å². The van der Waals surface area contributed by atoms with Gasteiger partial charge in [0.2, 0.25) is 5.91 Å². The van der Waals surface area contributed by atoms with Crippen LogP contribution in [0.1, 0.15) is 66.2 Å². The van der Waals surface area contributed by atoms with E-state index in [1.165, 1.54) is 19.3 Å². The molecule has 0 aromatic carbocycles.